The smallest absolute Gasteiger partial charge is 0.307 e. The summed E-state index contributed by atoms with van der Waals surface area (Å²) in [5.74, 6) is -1.10. The monoisotopic (exact) mass is 307 g/mol. The molecule has 0 aliphatic carbocycles. The first-order valence-corrected chi connectivity index (χ1v) is 7.46. The van der Waals surface area contributed by atoms with Crippen LogP contribution in [0.2, 0.25) is 0 Å². The van der Waals surface area contributed by atoms with E-state index in [9.17, 15) is 9.59 Å². The first-order chi connectivity index (χ1) is 10.3. The summed E-state index contributed by atoms with van der Waals surface area (Å²) in [6.45, 7) is 7.01. The van der Waals surface area contributed by atoms with Gasteiger partial charge in [0.15, 0.2) is 0 Å². The Morgan fingerprint density at radius 3 is 2.23 bits per heavy atom. The van der Waals surface area contributed by atoms with E-state index < -0.39 is 11.6 Å². The van der Waals surface area contributed by atoms with Gasteiger partial charge in [-0.2, -0.15) is 0 Å². The summed E-state index contributed by atoms with van der Waals surface area (Å²) < 4.78 is 5.28. The zero-order valence-corrected chi connectivity index (χ0v) is 13.5. The Morgan fingerprint density at radius 2 is 1.68 bits per heavy atom. The fraction of sp³-hybridized carbons (Fsp3) is 0.529. The van der Waals surface area contributed by atoms with E-state index in [1.165, 1.54) is 0 Å². The Bertz CT molecular complexity index is 479. The maximum atomic E-state index is 11.8. The van der Waals surface area contributed by atoms with Gasteiger partial charge in [-0.3, -0.25) is 14.5 Å². The van der Waals surface area contributed by atoms with Gasteiger partial charge in [-0.05, 0) is 26.3 Å². The summed E-state index contributed by atoms with van der Waals surface area (Å²) in [6, 6.07) is 9.80. The average molecular weight is 307 g/mol. The summed E-state index contributed by atoms with van der Waals surface area (Å²) in [5.41, 5.74) is 0.597. The van der Waals surface area contributed by atoms with Crippen LogP contribution < -0.4 is 0 Å². The highest BCUT2D eigenvalue weighted by Gasteiger charge is 2.17. The van der Waals surface area contributed by atoms with Gasteiger partial charge in [0.1, 0.15) is 5.60 Å². The molecule has 0 radical (unpaired) electrons. The van der Waals surface area contributed by atoms with E-state index in [1.807, 2.05) is 56.0 Å². The second-order valence-electron chi connectivity index (χ2n) is 6.24. The second kappa shape index (κ2) is 8.54. The number of ether oxygens (including phenoxy) is 1. The van der Waals surface area contributed by atoms with Crippen LogP contribution in [0.4, 0.5) is 0 Å². The molecule has 1 N–H and O–H groups in total. The molecule has 0 heterocycles. The summed E-state index contributed by atoms with van der Waals surface area (Å²) in [4.78, 5) is 24.5. The molecule has 0 atom stereocenters. The van der Waals surface area contributed by atoms with Crippen LogP contribution in [0.5, 0.6) is 0 Å². The van der Waals surface area contributed by atoms with E-state index in [2.05, 4.69) is 0 Å². The lowest BCUT2D eigenvalue weighted by atomic mass is 10.2. The predicted molar refractivity (Wildman–Crippen MR) is 84.4 cm³/mol. The molecule has 0 aliphatic heterocycles. The molecule has 5 heteroatoms. The van der Waals surface area contributed by atoms with Gasteiger partial charge in [0.2, 0.25) is 0 Å². The van der Waals surface area contributed by atoms with Crippen molar-refractivity contribution in [1.82, 2.24) is 4.90 Å². The summed E-state index contributed by atoms with van der Waals surface area (Å²) in [7, 11) is 0. The van der Waals surface area contributed by atoms with Gasteiger partial charge in [0, 0.05) is 19.6 Å². The molecular formula is C17H25NO4. The van der Waals surface area contributed by atoms with Gasteiger partial charge < -0.3 is 9.84 Å². The molecule has 122 valence electrons. The van der Waals surface area contributed by atoms with Crippen LogP contribution in [-0.2, 0) is 20.9 Å². The summed E-state index contributed by atoms with van der Waals surface area (Å²) in [5, 5.41) is 8.84. The van der Waals surface area contributed by atoms with Crippen molar-refractivity contribution < 1.29 is 19.4 Å². The molecule has 0 fully saturated rings. The zero-order valence-electron chi connectivity index (χ0n) is 13.5. The van der Waals surface area contributed by atoms with Crippen molar-refractivity contribution in [3.05, 3.63) is 35.9 Å². The van der Waals surface area contributed by atoms with Crippen molar-refractivity contribution in [3.8, 4) is 0 Å². The molecule has 0 saturated heterocycles. The number of carbonyl (C=O) groups excluding carboxylic acids is 1. The molecule has 1 aromatic carbocycles. The fourth-order valence-electron chi connectivity index (χ4n) is 2.01. The molecule has 22 heavy (non-hydrogen) atoms. The summed E-state index contributed by atoms with van der Waals surface area (Å²) in [6.07, 6.45) is 0.310. The van der Waals surface area contributed by atoms with E-state index in [-0.39, 0.29) is 18.8 Å². The number of hydrogen-bond acceptors (Lipinski definition) is 4. The molecule has 5 nitrogen and oxygen atoms in total. The largest absolute Gasteiger partial charge is 0.481 e. The third kappa shape index (κ3) is 8.42. The van der Waals surface area contributed by atoms with Crippen LogP contribution in [0, 0.1) is 0 Å². The van der Waals surface area contributed by atoms with E-state index >= 15 is 0 Å². The molecule has 0 spiro atoms. The Morgan fingerprint density at radius 1 is 1.09 bits per heavy atom. The van der Waals surface area contributed by atoms with Crippen LogP contribution in [0.1, 0.15) is 39.2 Å². The van der Waals surface area contributed by atoms with Gasteiger partial charge in [-0.1, -0.05) is 30.3 Å². The van der Waals surface area contributed by atoms with Crippen LogP contribution in [0.15, 0.2) is 30.3 Å². The van der Waals surface area contributed by atoms with E-state index in [1.54, 1.807) is 0 Å². The number of carbonyl (C=O) groups is 2. The Labute approximate surface area is 131 Å². The number of esters is 1. The Kier molecular flexibility index (Phi) is 7.05. The number of nitrogens with zero attached hydrogens (tertiary/aromatic N) is 1. The first kappa shape index (κ1) is 18.2. The molecular weight excluding hydrogens is 282 g/mol. The van der Waals surface area contributed by atoms with Crippen molar-refractivity contribution in [3.63, 3.8) is 0 Å². The van der Waals surface area contributed by atoms with Gasteiger partial charge in [0.05, 0.1) is 12.8 Å². The maximum Gasteiger partial charge on any atom is 0.307 e. The predicted octanol–water partition coefficient (Wildman–Crippen LogP) is 2.70. The molecule has 0 aliphatic rings. The van der Waals surface area contributed by atoms with Crippen LogP contribution in [0.25, 0.3) is 0 Å². The average Bonchev–Trinajstić information content (AvgIpc) is 2.41. The molecule has 0 saturated carbocycles. The van der Waals surface area contributed by atoms with E-state index in [0.717, 1.165) is 5.56 Å². The van der Waals surface area contributed by atoms with Crippen molar-refractivity contribution in [1.29, 1.82) is 0 Å². The second-order valence-corrected chi connectivity index (χ2v) is 6.24. The lowest BCUT2D eigenvalue weighted by molar-refractivity contribution is -0.155. The number of rotatable bonds is 8. The highest BCUT2D eigenvalue weighted by atomic mass is 16.6. The molecule has 0 bridgehead atoms. The topological polar surface area (TPSA) is 66.8 Å². The standard InChI is InChI=1S/C17H25NO4/c1-17(2,3)22-16(21)10-12-18(11-9-15(19)20)13-14-7-5-4-6-8-14/h4-8H,9-13H2,1-3H3,(H,19,20). The van der Waals surface area contributed by atoms with Crippen LogP contribution >= 0.6 is 0 Å². The van der Waals surface area contributed by atoms with Crippen molar-refractivity contribution >= 4 is 11.9 Å². The minimum absolute atomic E-state index is 0.0567. The normalized spacial score (nSPS) is 11.5. The quantitative estimate of drug-likeness (QED) is 0.748. The molecule has 1 aromatic rings. The molecule has 1 rings (SSSR count). The van der Waals surface area contributed by atoms with Crippen LogP contribution in [-0.4, -0.2) is 40.6 Å². The molecule has 0 aromatic heterocycles. The number of hydrogen-bond donors (Lipinski definition) is 1. The lowest BCUT2D eigenvalue weighted by Gasteiger charge is -2.23. The van der Waals surface area contributed by atoms with Gasteiger partial charge in [-0.15, -0.1) is 0 Å². The zero-order chi connectivity index (χ0) is 16.6. The SMILES string of the molecule is CC(C)(C)OC(=O)CCN(CCC(=O)O)Cc1ccccc1. The van der Waals surface area contributed by atoms with Crippen molar-refractivity contribution in [2.75, 3.05) is 13.1 Å². The lowest BCUT2D eigenvalue weighted by Crippen LogP contribution is -2.31. The summed E-state index contributed by atoms with van der Waals surface area (Å²) >= 11 is 0. The van der Waals surface area contributed by atoms with Gasteiger partial charge in [-0.25, -0.2) is 0 Å². The van der Waals surface area contributed by atoms with E-state index in [0.29, 0.717) is 19.6 Å². The van der Waals surface area contributed by atoms with Crippen molar-refractivity contribution in [2.24, 2.45) is 0 Å². The first-order valence-electron chi connectivity index (χ1n) is 7.46. The number of carboxylic acid groups (broad SMARTS) is 1. The van der Waals surface area contributed by atoms with Gasteiger partial charge in [0.25, 0.3) is 0 Å². The minimum Gasteiger partial charge on any atom is -0.481 e. The maximum absolute atomic E-state index is 11.8. The minimum atomic E-state index is -0.838. The number of aliphatic carboxylic acids is 1. The Hall–Kier alpha value is -1.88. The number of carboxylic acids is 1. The molecule has 0 unspecified atom stereocenters. The third-order valence-electron chi connectivity index (χ3n) is 2.94. The highest BCUT2D eigenvalue weighted by molar-refractivity contribution is 5.70. The Balaban J connectivity index is 2.54. The van der Waals surface area contributed by atoms with E-state index in [4.69, 9.17) is 9.84 Å². The van der Waals surface area contributed by atoms with Crippen molar-refractivity contribution in [2.45, 2.75) is 45.8 Å². The van der Waals surface area contributed by atoms with Crippen LogP contribution in [0.3, 0.4) is 0 Å². The molecule has 0 amide bonds. The third-order valence-corrected chi connectivity index (χ3v) is 2.94. The number of benzene rings is 1. The fourth-order valence-corrected chi connectivity index (χ4v) is 2.01. The van der Waals surface area contributed by atoms with Gasteiger partial charge >= 0.3 is 11.9 Å². The highest BCUT2D eigenvalue weighted by Crippen LogP contribution is 2.10.